The number of aliphatic hydroxyl groups is 1. The molecule has 16 nitrogen and oxygen atoms in total. The second kappa shape index (κ2) is 25.4. The molecule has 1 aromatic carbocycles. The Bertz CT molecular complexity index is 788. The second-order valence-electron chi connectivity index (χ2n) is 7.77. The molecule has 0 aliphatic rings. The van der Waals surface area contributed by atoms with Crippen LogP contribution in [0.15, 0.2) is 18.2 Å². The maximum Gasteiger partial charge on any atom is 0.299 e. The van der Waals surface area contributed by atoms with Crippen molar-refractivity contribution < 1.29 is 52.8 Å². The Labute approximate surface area is 233 Å². The van der Waals surface area contributed by atoms with E-state index in [1.807, 2.05) is 0 Å². The van der Waals surface area contributed by atoms with E-state index < -0.39 is 9.85 Å². The van der Waals surface area contributed by atoms with Crippen molar-refractivity contribution in [2.24, 2.45) is 0 Å². The predicted octanol–water partition coefficient (Wildman–Crippen LogP) is 1.04. The van der Waals surface area contributed by atoms with E-state index >= 15 is 0 Å². The summed E-state index contributed by atoms with van der Waals surface area (Å²) in [4.78, 5) is 20.5. The van der Waals surface area contributed by atoms with Gasteiger partial charge in [0.05, 0.1) is 128 Å². The first-order chi connectivity index (χ1) is 19.6. The van der Waals surface area contributed by atoms with E-state index in [1.54, 1.807) is 0 Å². The fourth-order valence-corrected chi connectivity index (χ4v) is 2.90. The normalized spacial score (nSPS) is 11.1. The van der Waals surface area contributed by atoms with E-state index in [0.29, 0.717) is 106 Å². The molecule has 230 valence electrons. The number of hydrogen-bond donors (Lipinski definition) is 2. The van der Waals surface area contributed by atoms with Gasteiger partial charge in [0.25, 0.3) is 11.4 Å². The van der Waals surface area contributed by atoms with Crippen molar-refractivity contribution in [3.63, 3.8) is 0 Å². The smallest absolute Gasteiger partial charge is 0.299 e. The van der Waals surface area contributed by atoms with E-state index in [0.717, 1.165) is 6.07 Å². The van der Waals surface area contributed by atoms with Gasteiger partial charge in [-0.25, -0.2) is 0 Å². The zero-order valence-electron chi connectivity index (χ0n) is 22.7. The van der Waals surface area contributed by atoms with Crippen molar-refractivity contribution in [2.75, 3.05) is 124 Å². The van der Waals surface area contributed by atoms with Crippen LogP contribution in [-0.4, -0.2) is 134 Å². The Morgan fingerprint density at radius 3 is 1.30 bits per heavy atom. The van der Waals surface area contributed by atoms with Crippen molar-refractivity contribution in [1.82, 2.24) is 0 Å². The monoisotopic (exact) mass is 579 g/mol. The first kappa shape index (κ1) is 35.5. The molecule has 0 fully saturated rings. The van der Waals surface area contributed by atoms with E-state index in [4.69, 9.17) is 43.0 Å². The topological polar surface area (TPSA) is 192 Å². The zero-order chi connectivity index (χ0) is 29.1. The predicted molar refractivity (Wildman–Crippen MR) is 142 cm³/mol. The van der Waals surface area contributed by atoms with Gasteiger partial charge in [0, 0.05) is 12.6 Å². The number of ether oxygens (including phenoxy) is 8. The van der Waals surface area contributed by atoms with Crippen LogP contribution < -0.4 is 5.32 Å². The Hall–Kier alpha value is -2.54. The van der Waals surface area contributed by atoms with Crippen LogP contribution in [-0.2, 0) is 37.9 Å². The largest absolute Gasteiger partial charge is 0.394 e. The van der Waals surface area contributed by atoms with E-state index in [1.165, 1.54) is 12.1 Å². The zero-order valence-corrected chi connectivity index (χ0v) is 22.7. The van der Waals surface area contributed by atoms with Crippen LogP contribution in [0.25, 0.3) is 0 Å². The Kier molecular flexibility index (Phi) is 22.6. The van der Waals surface area contributed by atoms with Gasteiger partial charge in [-0.15, -0.1) is 0 Å². The van der Waals surface area contributed by atoms with Gasteiger partial charge < -0.3 is 48.3 Å². The molecule has 0 atom stereocenters. The summed E-state index contributed by atoms with van der Waals surface area (Å²) >= 11 is 0. The molecule has 0 saturated carbocycles. The highest BCUT2D eigenvalue weighted by Gasteiger charge is 2.18. The molecule has 0 amide bonds. The molecular weight excluding hydrogens is 538 g/mol. The highest BCUT2D eigenvalue weighted by molar-refractivity contribution is 5.65. The van der Waals surface area contributed by atoms with Crippen molar-refractivity contribution in [3.8, 4) is 0 Å². The molecule has 0 radical (unpaired) electrons. The Morgan fingerprint density at radius 2 is 0.950 bits per heavy atom. The third kappa shape index (κ3) is 19.5. The van der Waals surface area contributed by atoms with E-state index in [9.17, 15) is 20.2 Å². The van der Waals surface area contributed by atoms with Gasteiger partial charge in [-0.05, 0) is 6.07 Å². The number of hydrogen-bond acceptors (Lipinski definition) is 14. The van der Waals surface area contributed by atoms with Crippen LogP contribution in [0.1, 0.15) is 0 Å². The average molecular weight is 580 g/mol. The summed E-state index contributed by atoms with van der Waals surface area (Å²) in [6, 6.07) is 3.42. The molecule has 0 unspecified atom stereocenters. The van der Waals surface area contributed by atoms with Gasteiger partial charge >= 0.3 is 0 Å². The first-order valence-corrected chi connectivity index (χ1v) is 13.0. The van der Waals surface area contributed by atoms with Crippen LogP contribution in [0, 0.1) is 20.2 Å². The summed E-state index contributed by atoms with van der Waals surface area (Å²) in [7, 11) is 0. The second-order valence-corrected chi connectivity index (χ2v) is 7.77. The molecule has 0 aliphatic carbocycles. The molecule has 1 rings (SSSR count). The molecule has 40 heavy (non-hydrogen) atoms. The molecule has 16 heteroatoms. The summed E-state index contributed by atoms with van der Waals surface area (Å²) in [6.07, 6.45) is 0. The molecule has 0 bridgehead atoms. The maximum absolute atomic E-state index is 11.1. The van der Waals surface area contributed by atoms with Gasteiger partial charge in [-0.2, -0.15) is 0 Å². The van der Waals surface area contributed by atoms with Crippen molar-refractivity contribution in [3.05, 3.63) is 38.4 Å². The number of aliphatic hydroxyl groups excluding tert-OH is 1. The lowest BCUT2D eigenvalue weighted by Crippen LogP contribution is -2.15. The lowest BCUT2D eigenvalue weighted by molar-refractivity contribution is -0.393. The van der Waals surface area contributed by atoms with Gasteiger partial charge in [0.2, 0.25) is 0 Å². The molecule has 2 N–H and O–H groups in total. The SMILES string of the molecule is O=[N+]([O-])c1ccc(NCCOCCOCCOCCOCCOCCOCCOCCOCCO)c([N+](=O)[O-])c1. The Balaban J connectivity index is 1.80. The fraction of sp³-hybridized carbons (Fsp3) is 0.750. The minimum absolute atomic E-state index is 0.00932. The molecule has 0 aromatic heterocycles. The maximum atomic E-state index is 11.1. The van der Waals surface area contributed by atoms with Gasteiger partial charge in [-0.1, -0.05) is 0 Å². The summed E-state index contributed by atoms with van der Waals surface area (Å²) in [5.41, 5.74) is -0.525. The number of rotatable bonds is 29. The van der Waals surface area contributed by atoms with Crippen LogP contribution >= 0.6 is 0 Å². The third-order valence-corrected chi connectivity index (χ3v) is 4.79. The minimum Gasteiger partial charge on any atom is -0.394 e. The number of benzene rings is 1. The average Bonchev–Trinajstić information content (AvgIpc) is 2.94. The Morgan fingerprint density at radius 1 is 0.575 bits per heavy atom. The van der Waals surface area contributed by atoms with Crippen LogP contribution in [0.3, 0.4) is 0 Å². The fourth-order valence-electron chi connectivity index (χ4n) is 2.90. The summed E-state index contributed by atoms with van der Waals surface area (Å²) in [5.74, 6) is 0. The number of nitro benzene ring substituents is 2. The van der Waals surface area contributed by atoms with Gasteiger partial charge in [0.1, 0.15) is 5.69 Å². The summed E-state index contributed by atoms with van der Waals surface area (Å²) < 4.78 is 42.8. The number of nitro groups is 2. The first-order valence-electron chi connectivity index (χ1n) is 13.0. The number of anilines is 1. The van der Waals surface area contributed by atoms with Crippen LogP contribution in [0.4, 0.5) is 17.1 Å². The minimum atomic E-state index is -0.683. The number of nitrogens with zero attached hydrogens (tertiary/aromatic N) is 2. The number of nitrogens with one attached hydrogen (secondary N) is 1. The standard InChI is InChI=1S/C24H41N3O13/c28-4-6-34-8-10-36-12-14-38-16-18-40-20-19-39-17-15-37-13-11-35-9-7-33-5-3-25-23-2-1-22(26(29)30)21-24(23)27(31)32/h1-2,21,25,28H,3-20H2. The van der Waals surface area contributed by atoms with Crippen LogP contribution in [0.2, 0.25) is 0 Å². The molecule has 1 aromatic rings. The summed E-state index contributed by atoms with van der Waals surface area (Å²) in [6.45, 7) is 7.06. The quantitative estimate of drug-likeness (QED) is 0.0777. The highest BCUT2D eigenvalue weighted by Crippen LogP contribution is 2.28. The van der Waals surface area contributed by atoms with E-state index in [2.05, 4.69) is 5.32 Å². The van der Waals surface area contributed by atoms with Crippen molar-refractivity contribution >= 4 is 17.1 Å². The molecule has 0 saturated heterocycles. The van der Waals surface area contributed by atoms with Crippen molar-refractivity contribution in [1.29, 1.82) is 0 Å². The van der Waals surface area contributed by atoms with E-state index in [-0.39, 0.29) is 30.3 Å². The lowest BCUT2D eigenvalue weighted by Gasteiger charge is -2.09. The summed E-state index contributed by atoms with van der Waals surface area (Å²) in [5, 5.41) is 33.3. The van der Waals surface area contributed by atoms with Gasteiger partial charge in [0.15, 0.2) is 0 Å². The lowest BCUT2D eigenvalue weighted by atomic mass is 10.2. The highest BCUT2D eigenvalue weighted by atomic mass is 16.6. The number of non-ortho nitro benzene ring substituents is 1. The van der Waals surface area contributed by atoms with Crippen LogP contribution in [0.5, 0.6) is 0 Å². The van der Waals surface area contributed by atoms with Crippen molar-refractivity contribution in [2.45, 2.75) is 0 Å². The molecule has 0 spiro atoms. The third-order valence-electron chi connectivity index (χ3n) is 4.79. The molecule has 0 aliphatic heterocycles. The molecule has 0 heterocycles. The molecular formula is C24H41N3O13. The van der Waals surface area contributed by atoms with Gasteiger partial charge in [-0.3, -0.25) is 20.2 Å².